The highest BCUT2D eigenvalue weighted by atomic mass is 127. The first kappa shape index (κ1) is 11.4. The number of hydrogen-bond donors (Lipinski definition) is 0. The SMILES string of the molecule is Cc1ccc(-n2c(=O)cc(C)n2I)cc1C. The second-order valence-corrected chi connectivity index (χ2v) is 4.88. The summed E-state index contributed by atoms with van der Waals surface area (Å²) in [6, 6.07) is 7.68. The van der Waals surface area contributed by atoms with Crippen molar-refractivity contribution in [1.29, 1.82) is 0 Å². The number of hydrogen-bond acceptors (Lipinski definition) is 1. The van der Waals surface area contributed by atoms with Crippen molar-refractivity contribution in [2.45, 2.75) is 20.8 Å². The third-order valence-electron chi connectivity index (χ3n) is 2.74. The summed E-state index contributed by atoms with van der Waals surface area (Å²) in [6.07, 6.45) is 0. The summed E-state index contributed by atoms with van der Waals surface area (Å²) in [5.74, 6) is 0. The zero-order valence-electron chi connectivity index (χ0n) is 9.49. The van der Waals surface area contributed by atoms with Gasteiger partial charge in [0.1, 0.15) is 0 Å². The first-order valence-corrected chi connectivity index (χ1v) is 6.02. The fourth-order valence-electron chi connectivity index (χ4n) is 1.62. The molecule has 2 aromatic rings. The standard InChI is InChI=1S/C12H13IN2O/c1-8-4-5-11(6-9(8)2)14-12(16)7-10(3)15(14)13/h4-7H,1-3H3. The molecular formula is C12H13IN2O. The van der Waals surface area contributed by atoms with Gasteiger partial charge in [-0.2, -0.15) is 0 Å². The molecule has 0 bridgehead atoms. The largest absolute Gasteiger partial charge is 0.272 e. The molecule has 0 aliphatic rings. The second kappa shape index (κ2) is 4.08. The summed E-state index contributed by atoms with van der Waals surface area (Å²) >= 11 is 2.13. The molecule has 0 radical (unpaired) electrons. The Morgan fingerprint density at radius 1 is 1.06 bits per heavy atom. The van der Waals surface area contributed by atoms with Crippen molar-refractivity contribution in [2.75, 3.05) is 0 Å². The van der Waals surface area contributed by atoms with E-state index in [2.05, 4.69) is 36.7 Å². The van der Waals surface area contributed by atoms with Crippen molar-refractivity contribution in [3.05, 3.63) is 51.4 Å². The normalized spacial score (nSPS) is 10.8. The molecule has 4 heteroatoms. The zero-order valence-corrected chi connectivity index (χ0v) is 11.6. The van der Waals surface area contributed by atoms with E-state index >= 15 is 0 Å². The smallest absolute Gasteiger partial charge is 0.267 e. The Balaban J connectivity index is 2.68. The molecule has 0 fully saturated rings. The van der Waals surface area contributed by atoms with Crippen LogP contribution in [0.2, 0.25) is 0 Å². The summed E-state index contributed by atoms with van der Waals surface area (Å²) < 4.78 is 3.51. The lowest BCUT2D eigenvalue weighted by Crippen LogP contribution is -2.16. The first-order valence-electron chi connectivity index (χ1n) is 5.06. The summed E-state index contributed by atoms with van der Waals surface area (Å²) in [5.41, 5.74) is 4.30. The van der Waals surface area contributed by atoms with Crippen LogP contribution in [0.5, 0.6) is 0 Å². The number of nitrogens with zero attached hydrogens (tertiary/aromatic N) is 2. The average Bonchev–Trinajstić information content (AvgIpc) is 2.47. The zero-order chi connectivity index (χ0) is 11.9. The highest BCUT2D eigenvalue weighted by Crippen LogP contribution is 2.14. The van der Waals surface area contributed by atoms with Crippen LogP contribution in [0, 0.1) is 20.8 Å². The topological polar surface area (TPSA) is 26.9 Å². The fourth-order valence-corrected chi connectivity index (χ4v) is 2.22. The molecule has 0 N–H and O–H groups in total. The predicted octanol–water partition coefficient (Wildman–Crippen LogP) is 2.76. The van der Waals surface area contributed by atoms with Gasteiger partial charge in [0, 0.05) is 11.8 Å². The van der Waals surface area contributed by atoms with E-state index in [0.717, 1.165) is 11.4 Å². The molecule has 0 atom stereocenters. The third-order valence-corrected chi connectivity index (χ3v) is 3.94. The molecule has 2 rings (SSSR count). The van der Waals surface area contributed by atoms with Crippen molar-refractivity contribution >= 4 is 22.9 Å². The van der Waals surface area contributed by atoms with Crippen LogP contribution in [0.4, 0.5) is 0 Å². The van der Waals surface area contributed by atoms with E-state index in [0.29, 0.717) is 0 Å². The Hall–Kier alpha value is -1.04. The van der Waals surface area contributed by atoms with Gasteiger partial charge in [-0.1, -0.05) is 6.07 Å². The molecule has 0 saturated carbocycles. The van der Waals surface area contributed by atoms with Crippen molar-refractivity contribution in [3.63, 3.8) is 0 Å². The molecule has 0 amide bonds. The summed E-state index contributed by atoms with van der Waals surface area (Å²) in [7, 11) is 0. The van der Waals surface area contributed by atoms with Gasteiger partial charge in [-0.05, 0) is 44.0 Å². The Bertz CT molecular complexity index is 596. The molecule has 0 unspecified atom stereocenters. The van der Waals surface area contributed by atoms with Gasteiger partial charge in [0.05, 0.1) is 28.6 Å². The van der Waals surface area contributed by atoms with E-state index in [1.807, 2.05) is 28.0 Å². The van der Waals surface area contributed by atoms with Gasteiger partial charge >= 0.3 is 0 Å². The van der Waals surface area contributed by atoms with Gasteiger partial charge in [0.2, 0.25) is 0 Å². The van der Waals surface area contributed by atoms with Crippen LogP contribution in [-0.2, 0) is 0 Å². The van der Waals surface area contributed by atoms with Gasteiger partial charge in [0.15, 0.2) is 0 Å². The first-order chi connectivity index (χ1) is 7.50. The molecule has 0 aliphatic heterocycles. The Kier molecular flexibility index (Phi) is 2.92. The lowest BCUT2D eigenvalue weighted by Gasteiger charge is -2.08. The van der Waals surface area contributed by atoms with Gasteiger partial charge in [-0.3, -0.25) is 4.79 Å². The van der Waals surface area contributed by atoms with Crippen molar-refractivity contribution in [2.24, 2.45) is 0 Å². The lowest BCUT2D eigenvalue weighted by molar-refractivity contribution is 0.812. The number of benzene rings is 1. The molecule has 16 heavy (non-hydrogen) atoms. The Labute approximate surface area is 108 Å². The van der Waals surface area contributed by atoms with Crippen molar-refractivity contribution < 1.29 is 0 Å². The quantitative estimate of drug-likeness (QED) is 0.740. The fraction of sp³-hybridized carbons (Fsp3) is 0.250. The molecule has 1 heterocycles. The van der Waals surface area contributed by atoms with Gasteiger partial charge in [-0.15, -0.1) is 0 Å². The molecule has 0 aliphatic carbocycles. The maximum absolute atomic E-state index is 11.8. The highest BCUT2D eigenvalue weighted by Gasteiger charge is 2.08. The monoisotopic (exact) mass is 328 g/mol. The maximum atomic E-state index is 11.8. The number of aromatic nitrogens is 2. The minimum atomic E-state index is 0.00940. The number of halogens is 1. The molecule has 1 aromatic carbocycles. The van der Waals surface area contributed by atoms with Crippen LogP contribution in [-0.4, -0.2) is 7.58 Å². The minimum absolute atomic E-state index is 0.00940. The van der Waals surface area contributed by atoms with E-state index in [-0.39, 0.29) is 5.56 Å². The van der Waals surface area contributed by atoms with E-state index in [1.54, 1.807) is 10.7 Å². The van der Waals surface area contributed by atoms with Crippen molar-refractivity contribution in [3.8, 4) is 5.69 Å². The average molecular weight is 328 g/mol. The van der Waals surface area contributed by atoms with Crippen LogP contribution in [0.1, 0.15) is 16.8 Å². The van der Waals surface area contributed by atoms with E-state index in [4.69, 9.17) is 0 Å². The van der Waals surface area contributed by atoms with E-state index < -0.39 is 0 Å². The Morgan fingerprint density at radius 3 is 2.25 bits per heavy atom. The molecular weight excluding hydrogens is 315 g/mol. The summed E-state index contributed by atoms with van der Waals surface area (Å²) in [5, 5.41) is 0. The minimum Gasteiger partial charge on any atom is -0.267 e. The molecule has 0 spiro atoms. The molecule has 1 aromatic heterocycles. The van der Waals surface area contributed by atoms with E-state index in [9.17, 15) is 4.79 Å². The summed E-state index contributed by atoms with van der Waals surface area (Å²) in [4.78, 5) is 11.8. The predicted molar refractivity (Wildman–Crippen MR) is 73.7 cm³/mol. The second-order valence-electron chi connectivity index (χ2n) is 3.96. The molecule has 0 saturated heterocycles. The van der Waals surface area contributed by atoms with Gasteiger partial charge < -0.3 is 0 Å². The Morgan fingerprint density at radius 2 is 1.75 bits per heavy atom. The van der Waals surface area contributed by atoms with Gasteiger partial charge in [-0.25, -0.2) is 7.58 Å². The summed E-state index contributed by atoms with van der Waals surface area (Å²) in [6.45, 7) is 6.04. The van der Waals surface area contributed by atoms with Crippen LogP contribution >= 0.6 is 22.9 Å². The van der Waals surface area contributed by atoms with Gasteiger partial charge in [0.25, 0.3) is 5.56 Å². The van der Waals surface area contributed by atoms with Crippen LogP contribution in [0.3, 0.4) is 0 Å². The highest BCUT2D eigenvalue weighted by molar-refractivity contribution is 14.1. The molecule has 3 nitrogen and oxygen atoms in total. The number of aryl methyl sites for hydroxylation is 3. The third kappa shape index (κ3) is 1.81. The van der Waals surface area contributed by atoms with E-state index in [1.165, 1.54) is 11.1 Å². The lowest BCUT2D eigenvalue weighted by atomic mass is 10.1. The maximum Gasteiger partial charge on any atom is 0.272 e. The van der Waals surface area contributed by atoms with Crippen molar-refractivity contribution in [1.82, 2.24) is 7.58 Å². The van der Waals surface area contributed by atoms with Crippen LogP contribution in [0.25, 0.3) is 5.69 Å². The van der Waals surface area contributed by atoms with Crippen LogP contribution < -0.4 is 5.56 Å². The molecule has 84 valence electrons. The van der Waals surface area contributed by atoms with Crippen LogP contribution in [0.15, 0.2) is 29.1 Å². The number of rotatable bonds is 1.